The first-order chi connectivity index (χ1) is 7.76. The van der Waals surface area contributed by atoms with Crippen molar-refractivity contribution in [3.05, 3.63) is 0 Å². The standard InChI is InChI=1S/C13H24N2O/c1-4-7-15-8-5-13(6-9-15)14-10-12(2)11-16-3/h1,12-14H,5-11H2,2-3H3. The van der Waals surface area contributed by atoms with E-state index in [0.29, 0.717) is 12.0 Å². The van der Waals surface area contributed by atoms with Crippen LogP contribution in [0.15, 0.2) is 0 Å². The molecule has 0 spiro atoms. The summed E-state index contributed by atoms with van der Waals surface area (Å²) in [6.45, 7) is 7.15. The number of rotatable bonds is 6. The summed E-state index contributed by atoms with van der Waals surface area (Å²) >= 11 is 0. The second-order valence-corrected chi connectivity index (χ2v) is 4.72. The minimum atomic E-state index is 0.591. The van der Waals surface area contributed by atoms with Crippen molar-refractivity contribution < 1.29 is 4.74 Å². The molecule has 0 aromatic rings. The van der Waals surface area contributed by atoms with Gasteiger partial charge in [0.2, 0.25) is 0 Å². The Hall–Kier alpha value is -0.560. The second-order valence-electron chi connectivity index (χ2n) is 4.72. The third-order valence-corrected chi connectivity index (χ3v) is 3.11. The van der Waals surface area contributed by atoms with Gasteiger partial charge in [-0.25, -0.2) is 0 Å². The van der Waals surface area contributed by atoms with Crippen molar-refractivity contribution in [2.24, 2.45) is 5.92 Å². The van der Waals surface area contributed by atoms with Crippen LogP contribution in [0.1, 0.15) is 19.8 Å². The number of piperidine rings is 1. The lowest BCUT2D eigenvalue weighted by Crippen LogP contribution is -2.44. The summed E-state index contributed by atoms with van der Waals surface area (Å²) in [7, 11) is 1.76. The van der Waals surface area contributed by atoms with E-state index in [0.717, 1.165) is 32.8 Å². The molecule has 92 valence electrons. The van der Waals surface area contributed by atoms with Crippen molar-refractivity contribution in [2.75, 3.05) is 39.9 Å². The van der Waals surface area contributed by atoms with Crippen molar-refractivity contribution in [2.45, 2.75) is 25.8 Å². The Morgan fingerprint density at radius 2 is 2.19 bits per heavy atom. The Kier molecular flexibility index (Phi) is 6.47. The molecule has 0 aliphatic carbocycles. The van der Waals surface area contributed by atoms with E-state index in [-0.39, 0.29) is 0 Å². The number of nitrogens with zero attached hydrogens (tertiary/aromatic N) is 1. The van der Waals surface area contributed by atoms with Gasteiger partial charge in [0.1, 0.15) is 0 Å². The van der Waals surface area contributed by atoms with Crippen LogP contribution in [0.2, 0.25) is 0 Å². The molecule has 1 heterocycles. The number of hydrogen-bond donors (Lipinski definition) is 1. The van der Waals surface area contributed by atoms with Crippen LogP contribution in [0.4, 0.5) is 0 Å². The minimum Gasteiger partial charge on any atom is -0.384 e. The number of likely N-dealkylation sites (tertiary alicyclic amines) is 1. The molecular weight excluding hydrogens is 200 g/mol. The van der Waals surface area contributed by atoms with Crippen LogP contribution in [0, 0.1) is 18.3 Å². The van der Waals surface area contributed by atoms with Crippen LogP contribution >= 0.6 is 0 Å². The van der Waals surface area contributed by atoms with Crippen LogP contribution in [-0.2, 0) is 4.74 Å². The van der Waals surface area contributed by atoms with Gasteiger partial charge in [0.15, 0.2) is 0 Å². The molecule has 0 saturated carbocycles. The first-order valence-electron chi connectivity index (χ1n) is 6.14. The quantitative estimate of drug-likeness (QED) is 0.680. The van der Waals surface area contributed by atoms with E-state index in [1.54, 1.807) is 7.11 Å². The van der Waals surface area contributed by atoms with Crippen molar-refractivity contribution >= 4 is 0 Å². The van der Waals surface area contributed by atoms with Gasteiger partial charge in [-0.3, -0.25) is 4.90 Å². The van der Waals surface area contributed by atoms with Gasteiger partial charge < -0.3 is 10.1 Å². The van der Waals surface area contributed by atoms with Crippen molar-refractivity contribution in [3.63, 3.8) is 0 Å². The third-order valence-electron chi connectivity index (χ3n) is 3.11. The van der Waals surface area contributed by atoms with E-state index in [1.165, 1.54) is 12.8 Å². The zero-order valence-electron chi connectivity index (χ0n) is 10.5. The summed E-state index contributed by atoms with van der Waals surface area (Å²) in [6, 6.07) is 0.660. The van der Waals surface area contributed by atoms with Gasteiger partial charge in [-0.1, -0.05) is 12.8 Å². The molecule has 1 rings (SSSR count). The molecule has 0 aromatic carbocycles. The van der Waals surface area contributed by atoms with Crippen molar-refractivity contribution in [1.82, 2.24) is 10.2 Å². The fraction of sp³-hybridized carbons (Fsp3) is 0.846. The van der Waals surface area contributed by atoms with Gasteiger partial charge in [0.05, 0.1) is 6.54 Å². The van der Waals surface area contributed by atoms with E-state index in [4.69, 9.17) is 11.2 Å². The molecule has 1 atom stereocenters. The predicted octanol–water partition coefficient (Wildman–Crippen LogP) is 0.956. The number of methoxy groups -OCH3 is 1. The number of nitrogens with one attached hydrogen (secondary N) is 1. The second kappa shape index (κ2) is 7.67. The topological polar surface area (TPSA) is 24.5 Å². The largest absolute Gasteiger partial charge is 0.384 e. The van der Waals surface area contributed by atoms with Crippen LogP contribution in [-0.4, -0.2) is 50.8 Å². The summed E-state index contributed by atoms with van der Waals surface area (Å²) in [4.78, 5) is 2.34. The summed E-state index contributed by atoms with van der Waals surface area (Å²) < 4.78 is 5.12. The highest BCUT2D eigenvalue weighted by Gasteiger charge is 2.18. The van der Waals surface area contributed by atoms with E-state index in [2.05, 4.69) is 23.1 Å². The monoisotopic (exact) mass is 224 g/mol. The maximum atomic E-state index is 5.30. The number of ether oxygens (including phenoxy) is 1. The fourth-order valence-electron chi connectivity index (χ4n) is 2.14. The highest BCUT2D eigenvalue weighted by molar-refractivity contribution is 4.90. The minimum absolute atomic E-state index is 0.591. The van der Waals surface area contributed by atoms with Gasteiger partial charge in [0.25, 0.3) is 0 Å². The molecule has 16 heavy (non-hydrogen) atoms. The third kappa shape index (κ3) is 4.98. The van der Waals surface area contributed by atoms with E-state index < -0.39 is 0 Å². The number of hydrogen-bond acceptors (Lipinski definition) is 3. The molecule has 1 unspecified atom stereocenters. The summed E-state index contributed by atoms with van der Waals surface area (Å²) in [5.41, 5.74) is 0. The predicted molar refractivity (Wildman–Crippen MR) is 67.3 cm³/mol. The Balaban J connectivity index is 2.10. The molecular formula is C13H24N2O. The molecule has 3 nitrogen and oxygen atoms in total. The zero-order valence-corrected chi connectivity index (χ0v) is 10.5. The molecule has 1 aliphatic heterocycles. The average molecular weight is 224 g/mol. The van der Waals surface area contributed by atoms with E-state index in [9.17, 15) is 0 Å². The maximum Gasteiger partial charge on any atom is 0.0598 e. The Bertz CT molecular complexity index is 216. The molecule has 1 fully saturated rings. The molecule has 1 saturated heterocycles. The van der Waals surface area contributed by atoms with Gasteiger partial charge in [-0.05, 0) is 18.8 Å². The lowest BCUT2D eigenvalue weighted by molar-refractivity contribution is 0.151. The Morgan fingerprint density at radius 1 is 1.50 bits per heavy atom. The van der Waals surface area contributed by atoms with Crippen LogP contribution in [0.3, 0.4) is 0 Å². The lowest BCUT2D eigenvalue weighted by atomic mass is 10.0. The normalized spacial score (nSPS) is 20.6. The van der Waals surface area contributed by atoms with Crippen molar-refractivity contribution in [1.29, 1.82) is 0 Å². The molecule has 0 aromatic heterocycles. The first kappa shape index (κ1) is 13.5. The number of terminal acetylenes is 1. The van der Waals surface area contributed by atoms with Crippen LogP contribution in [0.5, 0.6) is 0 Å². The van der Waals surface area contributed by atoms with Crippen LogP contribution < -0.4 is 5.32 Å². The Labute approximate surface area is 99.5 Å². The average Bonchev–Trinajstić information content (AvgIpc) is 2.29. The molecule has 1 aliphatic rings. The molecule has 1 N–H and O–H groups in total. The maximum absolute atomic E-state index is 5.30. The molecule has 0 amide bonds. The SMILES string of the molecule is C#CCN1CCC(NCC(C)COC)CC1. The summed E-state index contributed by atoms with van der Waals surface area (Å²) in [5, 5.41) is 3.61. The van der Waals surface area contributed by atoms with E-state index in [1.807, 2.05) is 0 Å². The van der Waals surface area contributed by atoms with Crippen LogP contribution in [0.25, 0.3) is 0 Å². The lowest BCUT2D eigenvalue weighted by Gasteiger charge is -2.31. The first-order valence-corrected chi connectivity index (χ1v) is 6.14. The zero-order chi connectivity index (χ0) is 11.8. The smallest absolute Gasteiger partial charge is 0.0598 e. The fourth-order valence-corrected chi connectivity index (χ4v) is 2.14. The van der Waals surface area contributed by atoms with Gasteiger partial charge >= 0.3 is 0 Å². The molecule has 0 radical (unpaired) electrons. The summed E-state index contributed by atoms with van der Waals surface area (Å²) in [6.07, 6.45) is 7.72. The highest BCUT2D eigenvalue weighted by atomic mass is 16.5. The Morgan fingerprint density at radius 3 is 2.75 bits per heavy atom. The summed E-state index contributed by atoms with van der Waals surface area (Å²) in [5.74, 6) is 3.30. The van der Waals surface area contributed by atoms with E-state index >= 15 is 0 Å². The van der Waals surface area contributed by atoms with Gasteiger partial charge in [-0.15, -0.1) is 6.42 Å². The van der Waals surface area contributed by atoms with Gasteiger partial charge in [-0.2, -0.15) is 0 Å². The highest BCUT2D eigenvalue weighted by Crippen LogP contribution is 2.10. The van der Waals surface area contributed by atoms with Gasteiger partial charge in [0, 0.05) is 39.4 Å². The molecule has 3 heteroatoms. The van der Waals surface area contributed by atoms with Crippen molar-refractivity contribution in [3.8, 4) is 12.3 Å². The molecule has 0 bridgehead atoms.